The van der Waals surface area contributed by atoms with Gasteiger partial charge >= 0.3 is 7.48 Å². The Morgan fingerprint density at radius 1 is 1.27 bits per heavy atom. The minimum absolute atomic E-state index is 0.433. The first kappa shape index (κ1) is 8.03. The second kappa shape index (κ2) is 3.94. The molecular formula is C4H6BN2O4. The molecule has 6 nitrogen and oxygen atoms in total. The lowest BCUT2D eigenvalue weighted by atomic mass is 9.88. The van der Waals surface area contributed by atoms with Gasteiger partial charge in [-0.05, 0) is 0 Å². The lowest BCUT2D eigenvalue weighted by Crippen LogP contribution is -2.46. The lowest BCUT2D eigenvalue weighted by molar-refractivity contribution is -0.227. The van der Waals surface area contributed by atoms with Gasteiger partial charge in [-0.15, -0.1) is 0 Å². The Labute approximate surface area is 63.4 Å². The molecule has 0 aromatic rings. The van der Waals surface area contributed by atoms with Gasteiger partial charge in [-0.3, -0.25) is 9.59 Å². The van der Waals surface area contributed by atoms with Gasteiger partial charge < -0.3 is 15.4 Å². The third-order valence-corrected chi connectivity index (χ3v) is 1.18. The molecule has 7 heteroatoms. The summed E-state index contributed by atoms with van der Waals surface area (Å²) in [4.78, 5) is 28.8. The summed E-state index contributed by atoms with van der Waals surface area (Å²) in [6, 6.07) is 0. The molecule has 0 aromatic heterocycles. The van der Waals surface area contributed by atoms with Crippen molar-refractivity contribution in [3.8, 4) is 0 Å². The molecule has 1 radical (unpaired) electrons. The van der Waals surface area contributed by atoms with Crippen LogP contribution in [-0.4, -0.2) is 32.5 Å². The highest BCUT2D eigenvalue weighted by Crippen LogP contribution is 2.03. The Hall–Kier alpha value is -1.08. The molecule has 0 aromatic carbocycles. The highest BCUT2D eigenvalue weighted by Gasteiger charge is 2.31. The Balaban J connectivity index is 2.36. The van der Waals surface area contributed by atoms with Crippen molar-refractivity contribution in [1.29, 1.82) is 0 Å². The number of rotatable bonds is 4. The molecule has 0 saturated carbocycles. The summed E-state index contributed by atoms with van der Waals surface area (Å²) >= 11 is 0. The number of amides is 2. The third kappa shape index (κ3) is 1.92. The zero-order chi connectivity index (χ0) is 8.10. The molecule has 1 rings (SSSR count). The fourth-order valence-corrected chi connectivity index (χ4v) is 0.687. The number of carbonyl (C=O) groups excluding carboxylic acids is 2. The van der Waals surface area contributed by atoms with Gasteiger partial charge in [0.15, 0.2) is 6.23 Å². The van der Waals surface area contributed by atoms with Crippen molar-refractivity contribution in [3.63, 3.8) is 0 Å². The maximum Gasteiger partial charge on any atom is 0.373 e. The predicted octanol–water partition coefficient (Wildman–Crippen LogP) is -2.29. The number of carbonyl (C=O) groups is 2. The van der Waals surface area contributed by atoms with E-state index in [2.05, 4.69) is 20.3 Å². The molecule has 59 valence electrons. The molecule has 2 unspecified atom stereocenters. The summed E-state index contributed by atoms with van der Waals surface area (Å²) in [5, 5.41) is 4.67. The van der Waals surface area contributed by atoms with Crippen LogP contribution < -0.4 is 10.6 Å². The van der Waals surface area contributed by atoms with Crippen LogP contribution in [0.1, 0.15) is 0 Å². The maximum absolute atomic E-state index is 9.95. The molecular weight excluding hydrogens is 151 g/mol. The van der Waals surface area contributed by atoms with Crippen molar-refractivity contribution >= 4 is 20.3 Å². The van der Waals surface area contributed by atoms with Crippen LogP contribution in [-0.2, 0) is 19.3 Å². The van der Waals surface area contributed by atoms with E-state index in [0.717, 1.165) is 0 Å². The first-order chi connectivity index (χ1) is 5.38. The van der Waals surface area contributed by atoms with Gasteiger partial charge in [-0.1, -0.05) is 0 Å². The van der Waals surface area contributed by atoms with E-state index < -0.39 is 12.2 Å². The smallest absolute Gasteiger partial charge is 0.356 e. The van der Waals surface area contributed by atoms with Crippen LogP contribution in [0.2, 0.25) is 0 Å². The number of hydrogen-bond donors (Lipinski definition) is 2. The van der Waals surface area contributed by atoms with Gasteiger partial charge in [-0.2, -0.15) is 0 Å². The first-order valence-electron chi connectivity index (χ1n) is 2.93. The van der Waals surface area contributed by atoms with Crippen molar-refractivity contribution < 1.29 is 19.3 Å². The molecule has 1 saturated heterocycles. The Morgan fingerprint density at radius 3 is 2.64 bits per heavy atom. The monoisotopic (exact) mass is 157 g/mol. The summed E-state index contributed by atoms with van der Waals surface area (Å²) in [6.07, 6.45) is 0.323. The molecule has 0 spiro atoms. The maximum atomic E-state index is 9.95. The van der Waals surface area contributed by atoms with Crippen LogP contribution in [0.5, 0.6) is 0 Å². The molecule has 1 heterocycles. The van der Waals surface area contributed by atoms with Crippen LogP contribution in [0.4, 0.5) is 0 Å². The Morgan fingerprint density at radius 2 is 2.00 bits per heavy atom. The van der Waals surface area contributed by atoms with Crippen LogP contribution in [0, 0.1) is 0 Å². The molecule has 11 heavy (non-hydrogen) atoms. The van der Waals surface area contributed by atoms with Gasteiger partial charge in [0.2, 0.25) is 12.8 Å². The van der Waals surface area contributed by atoms with E-state index in [1.54, 1.807) is 0 Å². The van der Waals surface area contributed by atoms with Gasteiger partial charge in [0.1, 0.15) is 0 Å². The minimum atomic E-state index is -0.641. The van der Waals surface area contributed by atoms with Gasteiger partial charge in [0, 0.05) is 0 Å². The third-order valence-electron chi connectivity index (χ3n) is 1.18. The standard InChI is InChI=1S/C4H6BN2O4/c8-1-6-3-4(7-2-9)10-11-5-3/h1-4H,(H,6,8)(H,7,9). The van der Waals surface area contributed by atoms with E-state index in [0.29, 0.717) is 12.8 Å². The minimum Gasteiger partial charge on any atom is -0.356 e. The molecule has 0 aliphatic carbocycles. The second-order valence-electron chi connectivity index (χ2n) is 1.84. The number of hydrogen-bond acceptors (Lipinski definition) is 4. The van der Waals surface area contributed by atoms with E-state index in [4.69, 9.17) is 0 Å². The van der Waals surface area contributed by atoms with E-state index in [-0.39, 0.29) is 0 Å². The van der Waals surface area contributed by atoms with Crippen molar-refractivity contribution in [2.24, 2.45) is 0 Å². The fourth-order valence-electron chi connectivity index (χ4n) is 0.687. The quantitative estimate of drug-likeness (QED) is 0.273. The molecule has 1 aliphatic heterocycles. The van der Waals surface area contributed by atoms with Crippen LogP contribution in [0.15, 0.2) is 0 Å². The summed E-state index contributed by atoms with van der Waals surface area (Å²) in [6.45, 7) is 0. The van der Waals surface area contributed by atoms with Crippen molar-refractivity contribution in [3.05, 3.63) is 0 Å². The molecule has 2 amide bonds. The molecule has 1 fully saturated rings. The fraction of sp³-hybridized carbons (Fsp3) is 0.500. The highest BCUT2D eigenvalue weighted by molar-refractivity contribution is 6.30. The van der Waals surface area contributed by atoms with E-state index in [1.165, 1.54) is 7.48 Å². The lowest BCUT2D eigenvalue weighted by Gasteiger charge is -2.12. The second-order valence-corrected chi connectivity index (χ2v) is 1.84. The zero-order valence-corrected chi connectivity index (χ0v) is 5.52. The predicted molar refractivity (Wildman–Crippen MR) is 33.9 cm³/mol. The van der Waals surface area contributed by atoms with Crippen molar-refractivity contribution in [2.45, 2.75) is 12.2 Å². The summed E-state index contributed by atoms with van der Waals surface area (Å²) in [5.74, 6) is -0.433. The highest BCUT2D eigenvalue weighted by atomic mass is 17.2. The topological polar surface area (TPSA) is 76.7 Å². The van der Waals surface area contributed by atoms with Crippen LogP contribution >= 0.6 is 0 Å². The van der Waals surface area contributed by atoms with Crippen LogP contribution in [0.3, 0.4) is 0 Å². The Kier molecular flexibility index (Phi) is 2.88. The zero-order valence-electron chi connectivity index (χ0n) is 5.52. The van der Waals surface area contributed by atoms with Crippen molar-refractivity contribution in [1.82, 2.24) is 10.6 Å². The van der Waals surface area contributed by atoms with Crippen LogP contribution in [0.25, 0.3) is 0 Å². The first-order valence-corrected chi connectivity index (χ1v) is 2.93. The molecule has 2 atom stereocenters. The normalized spacial score (nSPS) is 28.7. The SMILES string of the molecule is O=CNC1[B]OOC1NC=O. The summed E-state index contributed by atoms with van der Waals surface area (Å²) in [5.41, 5.74) is 0. The molecule has 0 bridgehead atoms. The van der Waals surface area contributed by atoms with Gasteiger partial charge in [0.05, 0.1) is 5.94 Å². The van der Waals surface area contributed by atoms with Gasteiger partial charge in [-0.25, -0.2) is 4.89 Å². The number of nitrogens with one attached hydrogen (secondary N) is 2. The summed E-state index contributed by atoms with van der Waals surface area (Å²) in [7, 11) is 1.27. The average molecular weight is 157 g/mol. The summed E-state index contributed by atoms with van der Waals surface area (Å²) < 4.78 is 0. The van der Waals surface area contributed by atoms with Crippen molar-refractivity contribution in [2.75, 3.05) is 0 Å². The van der Waals surface area contributed by atoms with E-state index in [9.17, 15) is 9.59 Å². The van der Waals surface area contributed by atoms with E-state index in [1.807, 2.05) is 0 Å². The van der Waals surface area contributed by atoms with Gasteiger partial charge in [0.25, 0.3) is 0 Å². The Bertz CT molecular complexity index is 139. The van der Waals surface area contributed by atoms with E-state index >= 15 is 0 Å². The molecule has 2 N–H and O–H groups in total. The average Bonchev–Trinajstić information content (AvgIpc) is 2.39. The molecule has 1 aliphatic rings. The largest absolute Gasteiger partial charge is 0.373 e.